The second-order valence-electron chi connectivity index (χ2n) is 11.3. The zero-order valence-corrected chi connectivity index (χ0v) is 21.8. The fourth-order valence-electron chi connectivity index (χ4n) is 8.12. The Morgan fingerprint density at radius 2 is 1.71 bits per heavy atom. The van der Waals surface area contributed by atoms with Crippen LogP contribution in [-0.2, 0) is 32.9 Å². The third kappa shape index (κ3) is 4.54. The molecule has 4 rings (SSSR count). The zero-order chi connectivity index (χ0) is 25.8. The van der Waals surface area contributed by atoms with Crippen LogP contribution < -0.4 is 0 Å². The molecule has 0 aromatic rings. The summed E-state index contributed by atoms with van der Waals surface area (Å²) >= 11 is 0. The van der Waals surface area contributed by atoms with Gasteiger partial charge >= 0.3 is 19.8 Å². The van der Waals surface area contributed by atoms with Gasteiger partial charge in [0, 0.05) is 19.3 Å². The van der Waals surface area contributed by atoms with Crippen LogP contribution in [0.4, 0.5) is 0 Å². The Kier molecular flexibility index (Phi) is 6.89. The van der Waals surface area contributed by atoms with E-state index in [2.05, 4.69) is 19.9 Å². The number of carbonyl (C=O) groups is 3. The standard InChI is InChI=1S/C25H37O9P/c1-15(26)32-14-22(28)25(33-16(2)27)12-9-21-19-6-5-17-13-18(34-35(29,30)31)7-10-23(17,3)20(19)8-11-24(21,25)4/h5,18-21H,6-14H2,1-4H3,(H2,29,30,31)/t18-,19-,20+,21-,23-,24-,25-/m0/s1. The number of ketones is 1. The van der Waals surface area contributed by atoms with Crippen molar-refractivity contribution in [3.63, 3.8) is 0 Å². The van der Waals surface area contributed by atoms with E-state index in [1.165, 1.54) is 19.4 Å². The molecule has 0 unspecified atom stereocenters. The third-order valence-corrected chi connectivity index (χ3v) is 10.2. The maximum Gasteiger partial charge on any atom is 0.469 e. The molecule has 196 valence electrons. The molecule has 0 radical (unpaired) electrons. The number of esters is 2. The summed E-state index contributed by atoms with van der Waals surface area (Å²) < 4.78 is 27.3. The minimum Gasteiger partial charge on any atom is -0.458 e. The summed E-state index contributed by atoms with van der Waals surface area (Å²) in [6, 6.07) is 0. The van der Waals surface area contributed by atoms with E-state index in [1.54, 1.807) is 0 Å². The van der Waals surface area contributed by atoms with Crippen LogP contribution in [0.15, 0.2) is 11.6 Å². The largest absolute Gasteiger partial charge is 0.469 e. The number of rotatable bonds is 6. The van der Waals surface area contributed by atoms with Crippen molar-refractivity contribution in [1.29, 1.82) is 0 Å². The van der Waals surface area contributed by atoms with E-state index in [-0.39, 0.29) is 17.1 Å². The summed E-state index contributed by atoms with van der Waals surface area (Å²) in [4.78, 5) is 55.5. The first-order chi connectivity index (χ1) is 16.2. The second-order valence-corrected chi connectivity index (χ2v) is 12.5. The summed E-state index contributed by atoms with van der Waals surface area (Å²) in [6.07, 6.45) is 7.18. The van der Waals surface area contributed by atoms with Gasteiger partial charge in [-0.25, -0.2) is 4.57 Å². The van der Waals surface area contributed by atoms with Crippen molar-refractivity contribution in [2.45, 2.75) is 90.8 Å². The minimum atomic E-state index is -4.54. The highest BCUT2D eigenvalue weighted by atomic mass is 31.2. The van der Waals surface area contributed by atoms with E-state index in [4.69, 9.17) is 14.0 Å². The molecule has 4 aliphatic carbocycles. The van der Waals surface area contributed by atoms with Gasteiger partial charge in [0.2, 0.25) is 5.78 Å². The van der Waals surface area contributed by atoms with Crippen molar-refractivity contribution in [3.05, 3.63) is 11.6 Å². The lowest BCUT2D eigenvalue weighted by Crippen LogP contribution is -2.59. The van der Waals surface area contributed by atoms with E-state index in [0.29, 0.717) is 37.5 Å². The van der Waals surface area contributed by atoms with Crippen molar-refractivity contribution in [3.8, 4) is 0 Å². The molecule has 3 saturated carbocycles. The van der Waals surface area contributed by atoms with Crippen LogP contribution in [0.3, 0.4) is 0 Å². The van der Waals surface area contributed by atoms with Gasteiger partial charge in [0.15, 0.2) is 12.2 Å². The van der Waals surface area contributed by atoms with Gasteiger partial charge in [-0.1, -0.05) is 25.5 Å². The van der Waals surface area contributed by atoms with E-state index < -0.39 is 43.5 Å². The number of phosphoric ester groups is 1. The van der Waals surface area contributed by atoms with Crippen molar-refractivity contribution in [2.24, 2.45) is 28.6 Å². The molecule has 10 heteroatoms. The molecule has 4 aliphatic rings. The molecule has 0 aromatic carbocycles. The van der Waals surface area contributed by atoms with Crippen molar-refractivity contribution < 1.29 is 42.7 Å². The van der Waals surface area contributed by atoms with Crippen LogP contribution in [0.5, 0.6) is 0 Å². The van der Waals surface area contributed by atoms with Crippen LogP contribution in [0, 0.1) is 28.6 Å². The highest BCUT2D eigenvalue weighted by Crippen LogP contribution is 2.68. The number of allylic oxidation sites excluding steroid dienone is 1. The van der Waals surface area contributed by atoms with Gasteiger partial charge in [-0.15, -0.1) is 0 Å². The van der Waals surface area contributed by atoms with Gasteiger partial charge < -0.3 is 19.3 Å². The monoisotopic (exact) mass is 512 g/mol. The Morgan fingerprint density at radius 1 is 1.03 bits per heavy atom. The number of Topliss-reactive ketones (excluding diaryl/α,β-unsaturated/α-hetero) is 1. The lowest BCUT2D eigenvalue weighted by molar-refractivity contribution is -0.190. The molecule has 2 N–H and O–H groups in total. The molecule has 0 aromatic heterocycles. The van der Waals surface area contributed by atoms with E-state index >= 15 is 0 Å². The molecule has 0 aliphatic heterocycles. The molecule has 7 atom stereocenters. The van der Waals surface area contributed by atoms with Crippen molar-refractivity contribution >= 4 is 25.5 Å². The number of hydrogen-bond donors (Lipinski definition) is 2. The maximum atomic E-state index is 13.4. The van der Waals surface area contributed by atoms with Gasteiger partial charge in [-0.05, 0) is 74.5 Å². The molecule has 0 bridgehead atoms. The molecule has 0 saturated heterocycles. The highest BCUT2D eigenvalue weighted by Gasteiger charge is 2.68. The number of phosphoric acid groups is 1. The first-order valence-corrected chi connectivity index (χ1v) is 14.0. The Labute approximate surface area is 206 Å². The smallest absolute Gasteiger partial charge is 0.458 e. The fourth-order valence-corrected chi connectivity index (χ4v) is 8.69. The van der Waals surface area contributed by atoms with E-state index in [9.17, 15) is 28.7 Å². The average molecular weight is 513 g/mol. The quantitative estimate of drug-likeness (QED) is 0.309. The SMILES string of the molecule is CC(=O)OCC(=O)[C@@]1(OC(C)=O)CC[C@H]2[C@H]3CC=C4C[C@@H](OP(=O)(O)O)CC[C@]4(C)[C@@H]3CC[C@@]21C. The fraction of sp³-hybridized carbons (Fsp3) is 0.800. The van der Waals surface area contributed by atoms with Crippen LogP contribution in [0.2, 0.25) is 0 Å². The summed E-state index contributed by atoms with van der Waals surface area (Å²) in [5, 5.41) is 0. The Balaban J connectivity index is 1.61. The van der Waals surface area contributed by atoms with E-state index in [0.717, 1.165) is 25.7 Å². The minimum absolute atomic E-state index is 0.0898. The first-order valence-electron chi connectivity index (χ1n) is 12.5. The maximum absolute atomic E-state index is 13.4. The summed E-state index contributed by atoms with van der Waals surface area (Å²) in [7, 11) is -4.54. The predicted molar refractivity (Wildman–Crippen MR) is 125 cm³/mol. The van der Waals surface area contributed by atoms with Crippen molar-refractivity contribution in [2.75, 3.05) is 6.61 Å². The molecule has 35 heavy (non-hydrogen) atoms. The molecule has 3 fully saturated rings. The molecular weight excluding hydrogens is 475 g/mol. The highest BCUT2D eigenvalue weighted by molar-refractivity contribution is 7.46. The normalized spacial score (nSPS) is 40.6. The Hall–Kier alpha value is -1.54. The topological polar surface area (TPSA) is 136 Å². The van der Waals surface area contributed by atoms with Crippen LogP contribution in [0.1, 0.15) is 79.1 Å². The molecule has 0 amide bonds. The lowest BCUT2D eigenvalue weighted by atomic mass is 9.46. The van der Waals surface area contributed by atoms with Crippen molar-refractivity contribution in [1.82, 2.24) is 0 Å². The van der Waals surface area contributed by atoms with Gasteiger partial charge in [-0.3, -0.25) is 18.9 Å². The third-order valence-electron chi connectivity index (χ3n) is 9.64. The van der Waals surface area contributed by atoms with Gasteiger partial charge in [0.05, 0.1) is 6.10 Å². The van der Waals surface area contributed by atoms with Crippen LogP contribution in [-0.4, -0.2) is 45.8 Å². The van der Waals surface area contributed by atoms with Gasteiger partial charge in [0.1, 0.15) is 0 Å². The molecular formula is C25H37O9P. The second kappa shape index (κ2) is 9.09. The number of carbonyl (C=O) groups excluding carboxylic acids is 3. The Bertz CT molecular complexity index is 985. The lowest BCUT2D eigenvalue weighted by Gasteiger charge is -2.59. The molecule has 0 heterocycles. The number of hydrogen-bond acceptors (Lipinski definition) is 7. The van der Waals surface area contributed by atoms with Gasteiger partial charge in [0.25, 0.3) is 0 Å². The molecule has 0 spiro atoms. The number of fused-ring (bicyclic) bond motifs is 5. The zero-order valence-electron chi connectivity index (χ0n) is 21.0. The summed E-state index contributed by atoms with van der Waals surface area (Å²) in [6.45, 7) is 6.48. The molecule has 9 nitrogen and oxygen atoms in total. The first kappa shape index (κ1) is 26.5. The average Bonchev–Trinajstić information content (AvgIpc) is 3.04. The van der Waals surface area contributed by atoms with Crippen LogP contribution >= 0.6 is 7.82 Å². The van der Waals surface area contributed by atoms with E-state index in [1.807, 2.05) is 0 Å². The Morgan fingerprint density at radius 3 is 2.34 bits per heavy atom. The number of ether oxygens (including phenoxy) is 2. The van der Waals surface area contributed by atoms with Gasteiger partial charge in [-0.2, -0.15) is 0 Å². The summed E-state index contributed by atoms with van der Waals surface area (Å²) in [5.74, 6) is -0.559. The predicted octanol–water partition coefficient (Wildman–Crippen LogP) is 3.86. The summed E-state index contributed by atoms with van der Waals surface area (Å²) in [5.41, 5.74) is -0.737. The van der Waals surface area contributed by atoms with Crippen LogP contribution in [0.25, 0.3) is 0 Å².